The number of likely N-dealkylation sites (tertiary alicyclic amines) is 2. The molecule has 0 unspecified atom stereocenters. The minimum atomic E-state index is -0.596. The maximum Gasteiger partial charge on any atom is 0.320 e. The number of aliphatic hydroxyl groups is 1. The molecule has 2 saturated carbocycles. The summed E-state index contributed by atoms with van der Waals surface area (Å²) in [4.78, 5) is 28.0. The molecule has 174 valence electrons. The lowest BCUT2D eigenvalue weighted by Gasteiger charge is -2.60. The normalized spacial score (nSPS) is 25.9. The summed E-state index contributed by atoms with van der Waals surface area (Å²) < 4.78 is 2.06. The number of carbonyl (C=O) groups excluding carboxylic acids is 1. The van der Waals surface area contributed by atoms with E-state index in [9.17, 15) is 9.90 Å². The zero-order valence-electron chi connectivity index (χ0n) is 19.1. The summed E-state index contributed by atoms with van der Waals surface area (Å²) >= 11 is 0. The van der Waals surface area contributed by atoms with Crippen LogP contribution < -0.4 is 4.90 Å². The number of amides is 2. The second-order valence-electron chi connectivity index (χ2n) is 11.5. The third-order valence-electron chi connectivity index (χ3n) is 8.28. The molecule has 2 aromatic rings. The standard InChI is InChI=1S/C24H31N7O2/c1-23(33)11-29(12-23)20-5-4-17(8-25-20)18-9-28(10-18)22(32)30-13-24(14-30)6-19(7-24)31-15-26-21(27-31)16-2-3-16/h4-5,8,15-16,18-19,33H,2-3,6-7,9-14H2,1H3. The number of pyridine rings is 1. The lowest BCUT2D eigenvalue weighted by atomic mass is 9.61. The molecule has 9 nitrogen and oxygen atoms in total. The first-order chi connectivity index (χ1) is 15.9. The van der Waals surface area contributed by atoms with E-state index in [1.807, 2.05) is 35.3 Å². The summed E-state index contributed by atoms with van der Waals surface area (Å²) in [5.74, 6) is 2.90. The van der Waals surface area contributed by atoms with Gasteiger partial charge in [-0.25, -0.2) is 19.4 Å². The zero-order valence-corrected chi connectivity index (χ0v) is 19.1. The van der Waals surface area contributed by atoms with Crippen molar-refractivity contribution in [3.63, 3.8) is 0 Å². The van der Waals surface area contributed by atoms with E-state index in [2.05, 4.69) is 30.7 Å². The van der Waals surface area contributed by atoms with Crippen molar-refractivity contribution in [1.82, 2.24) is 29.5 Å². The van der Waals surface area contributed by atoms with Crippen molar-refractivity contribution in [2.75, 3.05) is 44.2 Å². The van der Waals surface area contributed by atoms with Gasteiger partial charge >= 0.3 is 6.03 Å². The average molecular weight is 450 g/mol. The summed E-state index contributed by atoms with van der Waals surface area (Å²) in [5.41, 5.74) is 0.897. The van der Waals surface area contributed by atoms with Crippen LogP contribution in [0.3, 0.4) is 0 Å². The van der Waals surface area contributed by atoms with Crippen LogP contribution in [0.1, 0.15) is 61.9 Å². The van der Waals surface area contributed by atoms with Gasteiger partial charge in [-0.3, -0.25) is 0 Å². The minimum Gasteiger partial charge on any atom is -0.386 e. The molecule has 0 radical (unpaired) electrons. The van der Waals surface area contributed by atoms with E-state index in [4.69, 9.17) is 0 Å². The summed E-state index contributed by atoms with van der Waals surface area (Å²) in [6, 6.07) is 4.79. The molecule has 5 heterocycles. The Morgan fingerprint density at radius 3 is 2.42 bits per heavy atom. The van der Waals surface area contributed by atoms with Crippen LogP contribution in [0, 0.1) is 5.41 Å². The van der Waals surface area contributed by atoms with Gasteiger partial charge in [0.2, 0.25) is 0 Å². The van der Waals surface area contributed by atoms with Crippen molar-refractivity contribution in [3.8, 4) is 0 Å². The van der Waals surface area contributed by atoms with E-state index in [1.54, 1.807) is 0 Å². The van der Waals surface area contributed by atoms with Gasteiger partial charge in [-0.15, -0.1) is 0 Å². The monoisotopic (exact) mass is 449 g/mol. The molecule has 0 aromatic carbocycles. The largest absolute Gasteiger partial charge is 0.386 e. The van der Waals surface area contributed by atoms with E-state index < -0.39 is 5.60 Å². The predicted octanol–water partition coefficient (Wildman–Crippen LogP) is 1.98. The Balaban J connectivity index is 0.873. The molecular formula is C24H31N7O2. The van der Waals surface area contributed by atoms with Gasteiger partial charge in [0.15, 0.2) is 5.82 Å². The highest BCUT2D eigenvalue weighted by Gasteiger charge is 2.55. The molecule has 0 bridgehead atoms. The van der Waals surface area contributed by atoms with Crippen LogP contribution in [-0.2, 0) is 0 Å². The third-order valence-corrected chi connectivity index (χ3v) is 8.28. The highest BCUT2D eigenvalue weighted by molar-refractivity contribution is 5.77. The summed E-state index contributed by atoms with van der Waals surface area (Å²) in [6.45, 7) is 6.41. The third kappa shape index (κ3) is 3.31. The molecular weight excluding hydrogens is 418 g/mol. The molecule has 33 heavy (non-hydrogen) atoms. The van der Waals surface area contributed by atoms with Gasteiger partial charge in [-0.1, -0.05) is 6.07 Å². The van der Waals surface area contributed by atoms with E-state index in [1.165, 1.54) is 18.4 Å². The van der Waals surface area contributed by atoms with Crippen LogP contribution in [0.15, 0.2) is 24.7 Å². The first kappa shape index (κ1) is 19.8. The molecule has 7 rings (SSSR count). The van der Waals surface area contributed by atoms with Crippen LogP contribution in [0.25, 0.3) is 0 Å². The van der Waals surface area contributed by atoms with Crippen molar-refractivity contribution in [1.29, 1.82) is 0 Å². The van der Waals surface area contributed by atoms with Gasteiger partial charge < -0.3 is 19.8 Å². The highest BCUT2D eigenvalue weighted by Crippen LogP contribution is 2.54. The topological polar surface area (TPSA) is 90.6 Å². The molecule has 3 saturated heterocycles. The molecule has 1 N–H and O–H groups in total. The van der Waals surface area contributed by atoms with Gasteiger partial charge in [0.1, 0.15) is 12.1 Å². The molecule has 0 atom stereocenters. The molecule has 9 heteroatoms. The number of carbonyl (C=O) groups is 1. The molecule has 5 aliphatic rings. The van der Waals surface area contributed by atoms with Crippen molar-refractivity contribution < 1.29 is 9.90 Å². The first-order valence-corrected chi connectivity index (χ1v) is 12.2. The molecule has 2 aromatic heterocycles. The Labute approximate surface area is 193 Å². The summed E-state index contributed by atoms with van der Waals surface area (Å²) in [7, 11) is 0. The number of urea groups is 1. The second-order valence-corrected chi connectivity index (χ2v) is 11.5. The van der Waals surface area contributed by atoms with Crippen molar-refractivity contribution in [2.45, 2.75) is 56.1 Å². The fourth-order valence-corrected chi connectivity index (χ4v) is 6.09. The van der Waals surface area contributed by atoms with Gasteiger partial charge in [-0.2, -0.15) is 5.10 Å². The maximum absolute atomic E-state index is 12.9. The molecule has 2 aliphatic carbocycles. The molecule has 5 fully saturated rings. The van der Waals surface area contributed by atoms with Crippen LogP contribution in [0.5, 0.6) is 0 Å². The van der Waals surface area contributed by atoms with Gasteiger partial charge in [0.25, 0.3) is 0 Å². The Kier molecular flexibility index (Phi) is 4.00. The van der Waals surface area contributed by atoms with Gasteiger partial charge in [-0.05, 0) is 44.2 Å². The smallest absolute Gasteiger partial charge is 0.320 e. The first-order valence-electron chi connectivity index (χ1n) is 12.2. The fourth-order valence-electron chi connectivity index (χ4n) is 6.09. The highest BCUT2D eigenvalue weighted by atomic mass is 16.3. The Hall–Kier alpha value is -2.68. The number of rotatable bonds is 4. The predicted molar refractivity (Wildman–Crippen MR) is 121 cm³/mol. The van der Waals surface area contributed by atoms with Crippen LogP contribution >= 0.6 is 0 Å². The SMILES string of the molecule is CC1(O)CN(c2ccc(C3CN(C(=O)N4CC5(CC(n6cnc(C7CC7)n6)C5)C4)C3)cn2)C1. The van der Waals surface area contributed by atoms with Crippen LogP contribution in [0.2, 0.25) is 0 Å². The second kappa shape index (κ2) is 6.68. The molecule has 3 aliphatic heterocycles. The number of aromatic nitrogens is 4. The zero-order chi connectivity index (χ0) is 22.4. The number of hydrogen-bond donors (Lipinski definition) is 1. The van der Waals surface area contributed by atoms with E-state index in [0.29, 0.717) is 36.4 Å². The minimum absolute atomic E-state index is 0.185. The van der Waals surface area contributed by atoms with Crippen LogP contribution in [0.4, 0.5) is 10.6 Å². The summed E-state index contributed by atoms with van der Waals surface area (Å²) in [6.07, 6.45) is 8.52. The quantitative estimate of drug-likeness (QED) is 0.768. The maximum atomic E-state index is 12.9. The number of β-amino-alcohol motifs (C(OH)–C–C–N with tert-alkyl or cyclic N) is 1. The molecule has 2 amide bonds. The Morgan fingerprint density at radius 2 is 1.79 bits per heavy atom. The van der Waals surface area contributed by atoms with Gasteiger partial charge in [0, 0.05) is 62.7 Å². The van der Waals surface area contributed by atoms with Crippen LogP contribution in [-0.4, -0.2) is 85.6 Å². The lowest BCUT2D eigenvalue weighted by molar-refractivity contribution is -0.0771. The average Bonchev–Trinajstić information content (AvgIpc) is 3.41. The van der Waals surface area contributed by atoms with Gasteiger partial charge in [0.05, 0.1) is 11.6 Å². The van der Waals surface area contributed by atoms with Crippen molar-refractivity contribution >= 4 is 11.8 Å². The van der Waals surface area contributed by atoms with E-state index in [0.717, 1.165) is 50.7 Å². The number of anilines is 1. The van der Waals surface area contributed by atoms with E-state index in [-0.39, 0.29) is 6.03 Å². The Bertz CT molecular complexity index is 1060. The number of nitrogens with zero attached hydrogens (tertiary/aromatic N) is 7. The lowest BCUT2D eigenvalue weighted by Crippen LogP contribution is -2.67. The van der Waals surface area contributed by atoms with Crippen molar-refractivity contribution in [2.24, 2.45) is 5.41 Å². The molecule has 1 spiro atoms. The number of hydrogen-bond acceptors (Lipinski definition) is 6. The van der Waals surface area contributed by atoms with Crippen molar-refractivity contribution in [3.05, 3.63) is 36.0 Å². The Morgan fingerprint density at radius 1 is 1.03 bits per heavy atom. The fraction of sp³-hybridized carbons (Fsp3) is 0.667. The summed E-state index contributed by atoms with van der Waals surface area (Å²) in [5, 5.41) is 14.6. The van der Waals surface area contributed by atoms with E-state index >= 15 is 0 Å².